The van der Waals surface area contributed by atoms with Gasteiger partial charge in [0.25, 0.3) is 0 Å². The van der Waals surface area contributed by atoms with E-state index in [1.54, 1.807) is 12.4 Å². The van der Waals surface area contributed by atoms with Gasteiger partial charge in [-0.25, -0.2) is 0 Å². The maximum atomic E-state index is 11.7. The quantitative estimate of drug-likeness (QED) is 0.775. The van der Waals surface area contributed by atoms with Crippen molar-refractivity contribution in [2.45, 2.75) is 20.4 Å². The molecule has 0 saturated heterocycles. The van der Waals surface area contributed by atoms with Crippen molar-refractivity contribution < 1.29 is 4.79 Å². The van der Waals surface area contributed by atoms with Crippen molar-refractivity contribution in [1.29, 1.82) is 0 Å². The number of hydrogen-bond acceptors (Lipinski definition) is 3. The Kier molecular flexibility index (Phi) is 4.92. The SMILES string of the molecule is CNCC(C)C(=O)NCc1ccncc1C. The van der Waals surface area contributed by atoms with Crippen molar-refractivity contribution in [3.05, 3.63) is 29.6 Å². The van der Waals surface area contributed by atoms with E-state index in [0.29, 0.717) is 13.1 Å². The fourth-order valence-corrected chi connectivity index (χ4v) is 1.46. The molecule has 1 aromatic rings. The molecular formula is C12H19N3O. The van der Waals surface area contributed by atoms with E-state index in [1.807, 2.05) is 27.0 Å². The van der Waals surface area contributed by atoms with Gasteiger partial charge in [0, 0.05) is 31.4 Å². The number of nitrogens with one attached hydrogen (secondary N) is 2. The van der Waals surface area contributed by atoms with Crippen LogP contribution in [0.1, 0.15) is 18.1 Å². The van der Waals surface area contributed by atoms with Crippen LogP contribution in [0.4, 0.5) is 0 Å². The van der Waals surface area contributed by atoms with E-state index in [4.69, 9.17) is 0 Å². The number of rotatable bonds is 5. The largest absolute Gasteiger partial charge is 0.352 e. The highest BCUT2D eigenvalue weighted by Crippen LogP contribution is 2.04. The Morgan fingerprint density at radius 1 is 1.56 bits per heavy atom. The Morgan fingerprint density at radius 2 is 2.31 bits per heavy atom. The molecule has 0 spiro atoms. The summed E-state index contributed by atoms with van der Waals surface area (Å²) in [6.07, 6.45) is 3.55. The number of aromatic nitrogens is 1. The fourth-order valence-electron chi connectivity index (χ4n) is 1.46. The zero-order chi connectivity index (χ0) is 12.0. The minimum absolute atomic E-state index is 0.00727. The van der Waals surface area contributed by atoms with E-state index in [2.05, 4.69) is 15.6 Å². The molecule has 0 aliphatic carbocycles. The smallest absolute Gasteiger partial charge is 0.224 e. The summed E-state index contributed by atoms with van der Waals surface area (Å²) in [5, 5.41) is 5.90. The predicted octanol–water partition coefficient (Wildman–Crippen LogP) is 0.862. The molecule has 0 radical (unpaired) electrons. The number of carbonyl (C=O) groups is 1. The van der Waals surface area contributed by atoms with Crippen LogP contribution in [0, 0.1) is 12.8 Å². The van der Waals surface area contributed by atoms with Crippen molar-refractivity contribution in [1.82, 2.24) is 15.6 Å². The van der Waals surface area contributed by atoms with Crippen LogP contribution in [-0.4, -0.2) is 24.5 Å². The van der Waals surface area contributed by atoms with Crippen LogP contribution in [0.2, 0.25) is 0 Å². The molecule has 4 heteroatoms. The van der Waals surface area contributed by atoms with E-state index in [1.165, 1.54) is 0 Å². The summed E-state index contributed by atoms with van der Waals surface area (Å²) in [7, 11) is 1.84. The number of pyridine rings is 1. The minimum atomic E-state index is -0.00727. The Labute approximate surface area is 96.5 Å². The molecule has 0 fully saturated rings. The lowest BCUT2D eigenvalue weighted by Gasteiger charge is -2.12. The summed E-state index contributed by atoms with van der Waals surface area (Å²) in [6.45, 7) is 5.17. The lowest BCUT2D eigenvalue weighted by atomic mass is 10.1. The minimum Gasteiger partial charge on any atom is -0.352 e. The second-order valence-corrected chi connectivity index (χ2v) is 3.98. The average molecular weight is 221 g/mol. The molecule has 4 nitrogen and oxygen atoms in total. The molecule has 1 unspecified atom stereocenters. The van der Waals surface area contributed by atoms with E-state index < -0.39 is 0 Å². The molecule has 1 heterocycles. The van der Waals surface area contributed by atoms with Gasteiger partial charge >= 0.3 is 0 Å². The fraction of sp³-hybridized carbons (Fsp3) is 0.500. The van der Waals surface area contributed by atoms with Crippen molar-refractivity contribution in [3.63, 3.8) is 0 Å². The van der Waals surface area contributed by atoms with Crippen LogP contribution < -0.4 is 10.6 Å². The van der Waals surface area contributed by atoms with Gasteiger partial charge in [0.15, 0.2) is 0 Å². The number of nitrogens with zero attached hydrogens (tertiary/aromatic N) is 1. The summed E-state index contributed by atoms with van der Waals surface area (Å²) >= 11 is 0. The maximum absolute atomic E-state index is 11.7. The molecule has 1 amide bonds. The van der Waals surface area contributed by atoms with Crippen LogP contribution in [0.25, 0.3) is 0 Å². The zero-order valence-corrected chi connectivity index (χ0v) is 10.1. The van der Waals surface area contributed by atoms with Gasteiger partial charge in [-0.3, -0.25) is 9.78 Å². The molecule has 2 N–H and O–H groups in total. The third-order valence-corrected chi connectivity index (χ3v) is 2.55. The van der Waals surface area contributed by atoms with Gasteiger partial charge in [0.1, 0.15) is 0 Å². The Balaban J connectivity index is 2.46. The summed E-state index contributed by atoms with van der Waals surface area (Å²) < 4.78 is 0. The molecule has 1 aromatic heterocycles. The van der Waals surface area contributed by atoms with Gasteiger partial charge in [0.05, 0.1) is 0 Å². The van der Waals surface area contributed by atoms with Gasteiger partial charge in [-0.2, -0.15) is 0 Å². The summed E-state index contributed by atoms with van der Waals surface area (Å²) in [6, 6.07) is 1.93. The predicted molar refractivity (Wildman–Crippen MR) is 63.9 cm³/mol. The van der Waals surface area contributed by atoms with E-state index >= 15 is 0 Å². The van der Waals surface area contributed by atoms with Crippen LogP contribution in [0.3, 0.4) is 0 Å². The van der Waals surface area contributed by atoms with Crippen LogP contribution in [0.15, 0.2) is 18.5 Å². The van der Waals surface area contributed by atoms with Crippen LogP contribution in [-0.2, 0) is 11.3 Å². The molecule has 0 saturated carbocycles. The lowest BCUT2D eigenvalue weighted by Crippen LogP contribution is -2.34. The van der Waals surface area contributed by atoms with E-state index in [0.717, 1.165) is 11.1 Å². The monoisotopic (exact) mass is 221 g/mol. The lowest BCUT2D eigenvalue weighted by molar-refractivity contribution is -0.124. The number of hydrogen-bond donors (Lipinski definition) is 2. The van der Waals surface area contributed by atoms with E-state index in [-0.39, 0.29) is 11.8 Å². The first kappa shape index (κ1) is 12.6. The Morgan fingerprint density at radius 3 is 2.94 bits per heavy atom. The summed E-state index contributed by atoms with van der Waals surface area (Å²) in [4.78, 5) is 15.7. The third-order valence-electron chi connectivity index (χ3n) is 2.55. The molecule has 1 rings (SSSR count). The van der Waals surface area contributed by atoms with Crippen molar-refractivity contribution in [3.8, 4) is 0 Å². The first-order valence-corrected chi connectivity index (χ1v) is 5.47. The molecule has 0 aliphatic rings. The first-order valence-electron chi connectivity index (χ1n) is 5.47. The highest BCUT2D eigenvalue weighted by atomic mass is 16.1. The Hall–Kier alpha value is -1.42. The molecule has 0 aromatic carbocycles. The standard InChI is InChI=1S/C12H19N3O/c1-9-7-14-5-4-11(9)8-15-12(16)10(2)6-13-3/h4-5,7,10,13H,6,8H2,1-3H3,(H,15,16). The summed E-state index contributed by atoms with van der Waals surface area (Å²) in [5.41, 5.74) is 2.21. The number of amides is 1. The molecular weight excluding hydrogens is 202 g/mol. The van der Waals surface area contributed by atoms with Gasteiger partial charge in [0.2, 0.25) is 5.91 Å². The topological polar surface area (TPSA) is 54.0 Å². The zero-order valence-electron chi connectivity index (χ0n) is 10.1. The third kappa shape index (κ3) is 3.62. The van der Waals surface area contributed by atoms with E-state index in [9.17, 15) is 4.79 Å². The van der Waals surface area contributed by atoms with Crippen molar-refractivity contribution >= 4 is 5.91 Å². The summed E-state index contributed by atoms with van der Waals surface area (Å²) in [5.74, 6) is 0.0673. The second-order valence-electron chi connectivity index (χ2n) is 3.98. The molecule has 88 valence electrons. The molecule has 0 aliphatic heterocycles. The maximum Gasteiger partial charge on any atom is 0.224 e. The van der Waals surface area contributed by atoms with Crippen molar-refractivity contribution in [2.75, 3.05) is 13.6 Å². The van der Waals surface area contributed by atoms with Gasteiger partial charge in [-0.15, -0.1) is 0 Å². The molecule has 1 atom stereocenters. The Bertz CT molecular complexity index is 352. The van der Waals surface area contributed by atoms with Gasteiger partial charge in [-0.1, -0.05) is 6.92 Å². The second kappa shape index (κ2) is 6.23. The van der Waals surface area contributed by atoms with Gasteiger partial charge in [-0.05, 0) is 31.2 Å². The normalized spacial score (nSPS) is 12.2. The highest BCUT2D eigenvalue weighted by molar-refractivity contribution is 5.78. The first-order chi connectivity index (χ1) is 7.65. The number of carbonyl (C=O) groups excluding carboxylic acids is 1. The highest BCUT2D eigenvalue weighted by Gasteiger charge is 2.11. The number of aryl methyl sites for hydroxylation is 1. The molecule has 0 bridgehead atoms. The van der Waals surface area contributed by atoms with Crippen LogP contribution in [0.5, 0.6) is 0 Å². The van der Waals surface area contributed by atoms with Crippen LogP contribution >= 0.6 is 0 Å². The van der Waals surface area contributed by atoms with Crippen molar-refractivity contribution in [2.24, 2.45) is 5.92 Å². The molecule has 16 heavy (non-hydrogen) atoms. The average Bonchev–Trinajstić information content (AvgIpc) is 2.28. The van der Waals surface area contributed by atoms with Gasteiger partial charge < -0.3 is 10.6 Å².